The molecule has 0 fully saturated rings. The van der Waals surface area contributed by atoms with E-state index in [1.807, 2.05) is 0 Å². The second-order valence-corrected chi connectivity index (χ2v) is 5.02. The van der Waals surface area contributed by atoms with Crippen LogP contribution in [0.2, 0.25) is 0 Å². The first-order valence-corrected chi connectivity index (χ1v) is 6.94. The lowest BCUT2D eigenvalue weighted by molar-refractivity contribution is 0.101. The average Bonchev–Trinajstić information content (AvgIpc) is 2.54. The molecule has 0 spiro atoms. The van der Waals surface area contributed by atoms with Gasteiger partial charge in [-0.2, -0.15) is 0 Å². The molecule has 2 heterocycles. The predicted octanol–water partition coefficient (Wildman–Crippen LogP) is 2.38. The minimum Gasteiger partial charge on any atom is -0.322 e. The topological polar surface area (TPSA) is 91.9 Å². The van der Waals surface area contributed by atoms with Crippen LogP contribution in [0.5, 0.6) is 0 Å². The molecule has 2 N–H and O–H groups in total. The number of para-hydroxylation sites is 1. The van der Waals surface area contributed by atoms with Crippen molar-refractivity contribution in [3.63, 3.8) is 0 Å². The normalized spacial score (nSPS) is 10.5. The number of amides is 1. The van der Waals surface area contributed by atoms with Crippen molar-refractivity contribution in [3.8, 4) is 0 Å². The highest BCUT2D eigenvalue weighted by Crippen LogP contribution is 2.19. The number of Topliss-reactive ketones (excluding diaryl/α,β-unsaturated/α-hetero) is 1. The molecule has 3 rings (SSSR count). The summed E-state index contributed by atoms with van der Waals surface area (Å²) >= 11 is 0. The Morgan fingerprint density at radius 3 is 2.70 bits per heavy atom. The quantitative estimate of drug-likeness (QED) is 0.727. The summed E-state index contributed by atoms with van der Waals surface area (Å²) in [4.78, 5) is 42.5. The molecule has 114 valence electrons. The van der Waals surface area contributed by atoms with Crippen molar-refractivity contribution in [2.45, 2.75) is 6.92 Å². The average molecular weight is 307 g/mol. The first-order valence-electron chi connectivity index (χ1n) is 6.94. The van der Waals surface area contributed by atoms with Crippen molar-refractivity contribution >= 4 is 28.3 Å². The third-order valence-corrected chi connectivity index (χ3v) is 3.44. The molecule has 0 aliphatic rings. The third kappa shape index (κ3) is 2.87. The Hall–Kier alpha value is -3.28. The van der Waals surface area contributed by atoms with Crippen molar-refractivity contribution in [1.82, 2.24) is 9.97 Å². The zero-order valence-corrected chi connectivity index (χ0v) is 12.3. The molecule has 2 aromatic heterocycles. The fraction of sp³-hybridized carbons (Fsp3) is 0.0588. The van der Waals surface area contributed by atoms with Crippen LogP contribution >= 0.6 is 0 Å². The maximum Gasteiger partial charge on any atom is 0.256 e. The molecule has 3 aromatic rings. The van der Waals surface area contributed by atoms with E-state index in [0.717, 1.165) is 0 Å². The van der Waals surface area contributed by atoms with E-state index in [1.54, 1.807) is 30.3 Å². The van der Waals surface area contributed by atoms with E-state index in [2.05, 4.69) is 15.3 Å². The molecule has 0 saturated carbocycles. The Kier molecular flexibility index (Phi) is 3.72. The molecule has 0 unspecified atom stereocenters. The van der Waals surface area contributed by atoms with Crippen molar-refractivity contribution in [2.75, 3.05) is 5.32 Å². The lowest BCUT2D eigenvalue weighted by atomic mass is 10.1. The molecule has 0 bridgehead atoms. The SMILES string of the molecule is CC(=O)c1cnccc1NC(=O)c1cc(=O)[nH]c2ccccc12. The molecule has 1 amide bonds. The van der Waals surface area contributed by atoms with Crippen molar-refractivity contribution in [3.05, 3.63) is 70.3 Å². The van der Waals surface area contributed by atoms with Gasteiger partial charge in [0, 0.05) is 29.4 Å². The van der Waals surface area contributed by atoms with Gasteiger partial charge in [0.1, 0.15) is 0 Å². The molecule has 0 saturated heterocycles. The van der Waals surface area contributed by atoms with Gasteiger partial charge in [0.2, 0.25) is 5.56 Å². The number of rotatable bonds is 3. The van der Waals surface area contributed by atoms with Gasteiger partial charge in [-0.05, 0) is 19.1 Å². The molecule has 0 aliphatic heterocycles. The summed E-state index contributed by atoms with van der Waals surface area (Å²) in [5.74, 6) is -0.662. The van der Waals surface area contributed by atoms with Crippen LogP contribution < -0.4 is 10.9 Å². The zero-order chi connectivity index (χ0) is 16.4. The minimum atomic E-state index is -0.457. The van der Waals surface area contributed by atoms with Crippen LogP contribution in [0.4, 0.5) is 5.69 Å². The van der Waals surface area contributed by atoms with Gasteiger partial charge in [-0.1, -0.05) is 18.2 Å². The second kappa shape index (κ2) is 5.84. The van der Waals surface area contributed by atoms with Gasteiger partial charge in [0.15, 0.2) is 5.78 Å². The highest BCUT2D eigenvalue weighted by atomic mass is 16.2. The van der Waals surface area contributed by atoms with Gasteiger partial charge in [-0.25, -0.2) is 0 Å². The third-order valence-electron chi connectivity index (χ3n) is 3.44. The number of anilines is 1. The van der Waals surface area contributed by atoms with Crippen LogP contribution in [-0.4, -0.2) is 21.7 Å². The molecule has 23 heavy (non-hydrogen) atoms. The summed E-state index contributed by atoms with van der Waals surface area (Å²) < 4.78 is 0. The van der Waals surface area contributed by atoms with E-state index < -0.39 is 5.91 Å². The lowest BCUT2D eigenvalue weighted by Crippen LogP contribution is -2.18. The molecule has 0 aliphatic carbocycles. The van der Waals surface area contributed by atoms with Crippen LogP contribution in [0.1, 0.15) is 27.6 Å². The largest absolute Gasteiger partial charge is 0.322 e. The number of carbonyl (C=O) groups excluding carboxylic acids is 2. The number of H-pyrrole nitrogens is 1. The Labute approximate surface area is 131 Å². The summed E-state index contributed by atoms with van der Waals surface area (Å²) in [5.41, 5.74) is 1.13. The number of nitrogens with zero attached hydrogens (tertiary/aromatic N) is 1. The highest BCUT2D eigenvalue weighted by molar-refractivity contribution is 6.14. The zero-order valence-electron chi connectivity index (χ0n) is 12.3. The lowest BCUT2D eigenvalue weighted by Gasteiger charge is -2.10. The summed E-state index contributed by atoms with van der Waals surface area (Å²) in [6, 6.07) is 9.82. The molecular formula is C17H13N3O3. The molecule has 6 nitrogen and oxygen atoms in total. The first kappa shape index (κ1) is 14.6. The molecule has 1 aromatic carbocycles. The van der Waals surface area contributed by atoms with Gasteiger partial charge in [-0.15, -0.1) is 0 Å². The molecule has 0 radical (unpaired) electrons. The smallest absolute Gasteiger partial charge is 0.256 e. The number of hydrogen-bond acceptors (Lipinski definition) is 4. The van der Waals surface area contributed by atoms with Gasteiger partial charge < -0.3 is 10.3 Å². The first-order chi connectivity index (χ1) is 11.1. The number of pyridine rings is 2. The number of hydrogen-bond donors (Lipinski definition) is 2. The number of nitrogens with one attached hydrogen (secondary N) is 2. The van der Waals surface area contributed by atoms with Crippen molar-refractivity contribution < 1.29 is 9.59 Å². The second-order valence-electron chi connectivity index (χ2n) is 5.02. The van der Waals surface area contributed by atoms with E-state index in [0.29, 0.717) is 22.2 Å². The fourth-order valence-corrected chi connectivity index (χ4v) is 2.37. The summed E-state index contributed by atoms with van der Waals surface area (Å²) in [5, 5.41) is 3.30. The fourth-order valence-electron chi connectivity index (χ4n) is 2.37. The van der Waals surface area contributed by atoms with E-state index in [4.69, 9.17) is 0 Å². The number of ketones is 1. The van der Waals surface area contributed by atoms with Gasteiger partial charge in [0.25, 0.3) is 5.91 Å². The van der Waals surface area contributed by atoms with Crippen molar-refractivity contribution in [2.24, 2.45) is 0 Å². The minimum absolute atomic E-state index is 0.204. The Morgan fingerprint density at radius 1 is 1.13 bits per heavy atom. The number of carbonyl (C=O) groups is 2. The van der Waals surface area contributed by atoms with E-state index in [-0.39, 0.29) is 16.9 Å². The van der Waals surface area contributed by atoms with Crippen LogP contribution in [0, 0.1) is 0 Å². The molecule has 0 atom stereocenters. The maximum atomic E-state index is 12.6. The predicted molar refractivity (Wildman–Crippen MR) is 86.8 cm³/mol. The van der Waals surface area contributed by atoms with Gasteiger partial charge in [-0.3, -0.25) is 19.4 Å². The van der Waals surface area contributed by atoms with Gasteiger partial charge in [0.05, 0.1) is 16.8 Å². The standard InChI is InChI=1S/C17H13N3O3/c1-10(21)13-9-18-7-6-15(13)20-17(23)12-8-16(22)19-14-5-3-2-4-11(12)14/h2-9H,1H3,(H,19,22)(H,18,20,23). The van der Waals surface area contributed by atoms with Crippen molar-refractivity contribution in [1.29, 1.82) is 0 Å². The summed E-state index contributed by atoms with van der Waals surface area (Å²) in [6.45, 7) is 1.40. The van der Waals surface area contributed by atoms with Crippen LogP contribution in [-0.2, 0) is 0 Å². The number of aromatic nitrogens is 2. The number of benzene rings is 1. The van der Waals surface area contributed by atoms with E-state index in [1.165, 1.54) is 25.4 Å². The summed E-state index contributed by atoms with van der Waals surface area (Å²) in [7, 11) is 0. The Balaban J connectivity index is 2.06. The summed E-state index contributed by atoms with van der Waals surface area (Å²) in [6.07, 6.45) is 2.88. The monoisotopic (exact) mass is 307 g/mol. The molecular weight excluding hydrogens is 294 g/mol. The van der Waals surface area contributed by atoms with Crippen LogP contribution in [0.15, 0.2) is 53.6 Å². The number of aromatic amines is 1. The maximum absolute atomic E-state index is 12.6. The highest BCUT2D eigenvalue weighted by Gasteiger charge is 2.15. The van der Waals surface area contributed by atoms with Crippen LogP contribution in [0.3, 0.4) is 0 Å². The van der Waals surface area contributed by atoms with Crippen LogP contribution in [0.25, 0.3) is 10.9 Å². The number of fused-ring (bicyclic) bond motifs is 1. The molecule has 6 heteroatoms. The Morgan fingerprint density at radius 2 is 1.91 bits per heavy atom. The Bertz CT molecular complexity index is 976. The van der Waals surface area contributed by atoms with E-state index >= 15 is 0 Å². The van der Waals surface area contributed by atoms with Gasteiger partial charge >= 0.3 is 0 Å². The van der Waals surface area contributed by atoms with E-state index in [9.17, 15) is 14.4 Å².